The monoisotopic (exact) mass is 297 g/mol. The summed E-state index contributed by atoms with van der Waals surface area (Å²) in [6, 6.07) is 18.7. The van der Waals surface area contributed by atoms with Crippen LogP contribution in [0.4, 0.5) is 0 Å². The molecule has 0 saturated carbocycles. The highest BCUT2D eigenvalue weighted by Gasteiger charge is 2.16. The van der Waals surface area contributed by atoms with Gasteiger partial charge in [-0.2, -0.15) is 0 Å². The molecular weight excluding hydrogens is 278 g/mol. The molecule has 3 rings (SSSR count). The fraction of sp³-hybridized carbons (Fsp3) is 0.294. The third-order valence-electron chi connectivity index (χ3n) is 3.47. The first-order valence-electron chi connectivity index (χ1n) is 7.40. The Bertz CT molecular complexity index is 693. The molecule has 0 amide bonds. The number of thioether (sulfide) groups is 1. The molecule has 0 saturated heterocycles. The molecule has 2 aromatic carbocycles. The lowest BCUT2D eigenvalue weighted by Crippen LogP contribution is -2.07. The number of nitrogens with zero attached hydrogens (tertiary/aromatic N) is 3. The molecule has 0 bridgehead atoms. The summed E-state index contributed by atoms with van der Waals surface area (Å²) in [5.74, 6) is 0. The van der Waals surface area contributed by atoms with Gasteiger partial charge in [-0.1, -0.05) is 67.1 Å². The van der Waals surface area contributed by atoms with Crippen molar-refractivity contribution >= 4 is 22.8 Å². The van der Waals surface area contributed by atoms with Crippen LogP contribution >= 0.6 is 11.8 Å². The minimum atomic E-state index is 0.291. The molecule has 0 aliphatic carbocycles. The van der Waals surface area contributed by atoms with Crippen molar-refractivity contribution in [3.63, 3.8) is 0 Å². The maximum Gasteiger partial charge on any atom is 0.113 e. The smallest absolute Gasteiger partial charge is 0.113 e. The molecule has 1 atom stereocenters. The predicted molar refractivity (Wildman–Crippen MR) is 88.4 cm³/mol. The third-order valence-corrected chi connectivity index (χ3v) is 4.72. The Balaban J connectivity index is 1.91. The molecule has 3 nitrogen and oxygen atoms in total. The van der Waals surface area contributed by atoms with Gasteiger partial charge in [0.2, 0.25) is 0 Å². The molecular formula is C17H19N3S. The lowest BCUT2D eigenvalue weighted by atomic mass is 10.2. The number of benzene rings is 2. The van der Waals surface area contributed by atoms with Crippen LogP contribution in [0.3, 0.4) is 0 Å². The molecule has 1 heterocycles. The summed E-state index contributed by atoms with van der Waals surface area (Å²) in [6.45, 7) is 2.23. The summed E-state index contributed by atoms with van der Waals surface area (Å²) >= 11 is 1.86. The lowest BCUT2D eigenvalue weighted by Gasteiger charge is -2.17. The van der Waals surface area contributed by atoms with Crippen LogP contribution in [-0.2, 0) is 0 Å². The van der Waals surface area contributed by atoms with E-state index in [4.69, 9.17) is 0 Å². The molecule has 0 N–H and O–H groups in total. The van der Waals surface area contributed by atoms with Crippen molar-refractivity contribution < 1.29 is 0 Å². The van der Waals surface area contributed by atoms with Gasteiger partial charge in [0.15, 0.2) is 0 Å². The highest BCUT2D eigenvalue weighted by Crippen LogP contribution is 2.35. The maximum atomic E-state index is 4.39. The zero-order valence-electron chi connectivity index (χ0n) is 12.1. The van der Waals surface area contributed by atoms with Crippen molar-refractivity contribution in [2.45, 2.75) is 36.5 Å². The molecule has 0 radical (unpaired) electrons. The van der Waals surface area contributed by atoms with Crippen LogP contribution in [0.1, 0.15) is 31.6 Å². The second kappa shape index (κ2) is 6.76. The summed E-state index contributed by atoms with van der Waals surface area (Å²) in [7, 11) is 0. The van der Waals surface area contributed by atoms with Crippen LogP contribution in [0, 0.1) is 0 Å². The van der Waals surface area contributed by atoms with Crippen molar-refractivity contribution in [2.24, 2.45) is 0 Å². The zero-order valence-corrected chi connectivity index (χ0v) is 13.0. The van der Waals surface area contributed by atoms with Gasteiger partial charge in [-0.05, 0) is 30.7 Å². The normalized spacial score (nSPS) is 12.6. The van der Waals surface area contributed by atoms with Gasteiger partial charge in [-0.15, -0.1) is 5.10 Å². The predicted octanol–water partition coefficient (Wildman–Crippen LogP) is 4.91. The Morgan fingerprint density at radius 2 is 1.81 bits per heavy atom. The number of fused-ring (bicyclic) bond motifs is 1. The minimum absolute atomic E-state index is 0.291. The van der Waals surface area contributed by atoms with Crippen molar-refractivity contribution in [1.82, 2.24) is 15.0 Å². The summed E-state index contributed by atoms with van der Waals surface area (Å²) < 4.78 is 2.07. The van der Waals surface area contributed by atoms with Crippen LogP contribution in [0.5, 0.6) is 0 Å². The van der Waals surface area contributed by atoms with Gasteiger partial charge in [-0.25, -0.2) is 4.68 Å². The van der Waals surface area contributed by atoms with Crippen molar-refractivity contribution in [3.05, 3.63) is 54.6 Å². The summed E-state index contributed by atoms with van der Waals surface area (Å²) in [5.41, 5.74) is 2.08. The third kappa shape index (κ3) is 3.27. The van der Waals surface area contributed by atoms with E-state index in [-0.39, 0.29) is 0 Å². The van der Waals surface area contributed by atoms with E-state index in [1.807, 2.05) is 30.0 Å². The first kappa shape index (κ1) is 14.1. The van der Waals surface area contributed by atoms with E-state index in [1.54, 1.807) is 0 Å². The fourth-order valence-electron chi connectivity index (χ4n) is 2.37. The number of rotatable bonds is 6. The lowest BCUT2D eigenvalue weighted by molar-refractivity contribution is 0.536. The van der Waals surface area contributed by atoms with Gasteiger partial charge in [0.1, 0.15) is 10.9 Å². The Labute approximate surface area is 129 Å². The van der Waals surface area contributed by atoms with Crippen LogP contribution in [-0.4, -0.2) is 15.0 Å². The largest absolute Gasteiger partial charge is 0.231 e. The topological polar surface area (TPSA) is 30.7 Å². The average molecular weight is 297 g/mol. The van der Waals surface area contributed by atoms with Crippen LogP contribution in [0.15, 0.2) is 59.5 Å². The van der Waals surface area contributed by atoms with Gasteiger partial charge >= 0.3 is 0 Å². The fourth-order valence-corrected chi connectivity index (χ4v) is 3.53. The van der Waals surface area contributed by atoms with Gasteiger partial charge in [0.25, 0.3) is 0 Å². The molecule has 4 heteroatoms. The van der Waals surface area contributed by atoms with Gasteiger partial charge < -0.3 is 0 Å². The number of aromatic nitrogens is 3. The number of hydrogen-bond acceptors (Lipinski definition) is 3. The molecule has 0 fully saturated rings. The van der Waals surface area contributed by atoms with Crippen LogP contribution in [0.2, 0.25) is 0 Å². The highest BCUT2D eigenvalue weighted by atomic mass is 32.2. The van der Waals surface area contributed by atoms with Crippen molar-refractivity contribution in [1.29, 1.82) is 0 Å². The Morgan fingerprint density at radius 3 is 2.62 bits per heavy atom. The SMILES string of the molecule is CCCCC(Sc1ccccc1)n1nnc2ccccc21. The summed E-state index contributed by atoms with van der Waals surface area (Å²) in [6.07, 6.45) is 3.49. The minimum Gasteiger partial charge on any atom is -0.231 e. The van der Waals surface area contributed by atoms with E-state index in [9.17, 15) is 0 Å². The van der Waals surface area contributed by atoms with E-state index < -0.39 is 0 Å². The molecule has 108 valence electrons. The number of unbranched alkanes of at least 4 members (excludes halogenated alkanes) is 1. The van der Waals surface area contributed by atoms with Gasteiger partial charge in [0.05, 0.1) is 5.52 Å². The number of para-hydroxylation sites is 1. The maximum absolute atomic E-state index is 4.39. The second-order valence-electron chi connectivity index (χ2n) is 5.05. The standard InChI is InChI=1S/C17H19N3S/c1-2-3-13-17(21-14-9-5-4-6-10-14)20-16-12-8-7-11-15(16)18-19-20/h4-12,17H,2-3,13H2,1H3. The van der Waals surface area contributed by atoms with E-state index in [0.717, 1.165) is 17.5 Å². The van der Waals surface area contributed by atoms with Gasteiger partial charge in [0, 0.05) is 4.90 Å². The van der Waals surface area contributed by atoms with Crippen molar-refractivity contribution in [3.8, 4) is 0 Å². The van der Waals surface area contributed by atoms with Crippen LogP contribution < -0.4 is 0 Å². The average Bonchev–Trinajstić information content (AvgIpc) is 2.96. The van der Waals surface area contributed by atoms with E-state index in [1.165, 1.54) is 17.7 Å². The zero-order chi connectivity index (χ0) is 14.5. The van der Waals surface area contributed by atoms with E-state index in [2.05, 4.69) is 58.3 Å². The molecule has 21 heavy (non-hydrogen) atoms. The van der Waals surface area contributed by atoms with Gasteiger partial charge in [-0.3, -0.25) is 0 Å². The summed E-state index contributed by atoms with van der Waals surface area (Å²) in [4.78, 5) is 1.28. The van der Waals surface area contributed by atoms with E-state index in [0.29, 0.717) is 5.37 Å². The molecule has 0 aliphatic heterocycles. The van der Waals surface area contributed by atoms with Crippen molar-refractivity contribution in [2.75, 3.05) is 0 Å². The first-order chi connectivity index (χ1) is 10.4. The molecule has 1 unspecified atom stereocenters. The summed E-state index contributed by atoms with van der Waals surface area (Å²) in [5, 5.41) is 8.97. The molecule has 3 aromatic rings. The number of hydrogen-bond donors (Lipinski definition) is 0. The Hall–Kier alpha value is -1.81. The Kier molecular flexibility index (Phi) is 4.55. The highest BCUT2D eigenvalue weighted by molar-refractivity contribution is 7.99. The molecule has 1 aromatic heterocycles. The molecule has 0 aliphatic rings. The van der Waals surface area contributed by atoms with Crippen LogP contribution in [0.25, 0.3) is 11.0 Å². The quantitative estimate of drug-likeness (QED) is 0.605. The molecule has 0 spiro atoms. The van der Waals surface area contributed by atoms with E-state index >= 15 is 0 Å². The Morgan fingerprint density at radius 1 is 1.05 bits per heavy atom. The second-order valence-corrected chi connectivity index (χ2v) is 6.30. The first-order valence-corrected chi connectivity index (χ1v) is 8.28.